The van der Waals surface area contributed by atoms with Crippen molar-refractivity contribution < 1.29 is 23.1 Å². The van der Waals surface area contributed by atoms with Gasteiger partial charge in [-0.1, -0.05) is 6.07 Å². The van der Waals surface area contributed by atoms with Gasteiger partial charge in [0.05, 0.1) is 11.3 Å². The SMILES string of the molecule is Cc1c(NC(=O)N(C)CCS(C)(=O)=O)cccc1C(=O)O. The van der Waals surface area contributed by atoms with Gasteiger partial charge in [-0.2, -0.15) is 0 Å². The summed E-state index contributed by atoms with van der Waals surface area (Å²) in [6.45, 7) is 1.65. The zero-order valence-corrected chi connectivity index (χ0v) is 12.9. The van der Waals surface area contributed by atoms with Gasteiger partial charge in [-0.3, -0.25) is 0 Å². The molecule has 0 spiro atoms. The molecule has 0 aliphatic heterocycles. The molecule has 8 heteroatoms. The Morgan fingerprint density at radius 3 is 2.48 bits per heavy atom. The molecule has 0 aromatic heterocycles. The number of urea groups is 1. The van der Waals surface area contributed by atoms with Crippen molar-refractivity contribution in [3.8, 4) is 0 Å². The highest BCUT2D eigenvalue weighted by molar-refractivity contribution is 7.90. The molecule has 1 aromatic carbocycles. The van der Waals surface area contributed by atoms with Crippen LogP contribution in [0.1, 0.15) is 15.9 Å². The standard InChI is InChI=1S/C13H18N2O5S/c1-9-10(12(16)17)5-4-6-11(9)14-13(18)15(2)7-8-21(3,19)20/h4-6H,7-8H2,1-3H3,(H,14,18)(H,16,17). The molecule has 0 saturated carbocycles. The zero-order valence-electron chi connectivity index (χ0n) is 12.1. The van der Waals surface area contributed by atoms with Gasteiger partial charge in [0, 0.05) is 25.5 Å². The quantitative estimate of drug-likeness (QED) is 0.850. The highest BCUT2D eigenvalue weighted by atomic mass is 32.2. The average Bonchev–Trinajstić information content (AvgIpc) is 2.37. The van der Waals surface area contributed by atoms with E-state index >= 15 is 0 Å². The number of nitrogens with one attached hydrogen (secondary N) is 1. The molecule has 0 unspecified atom stereocenters. The van der Waals surface area contributed by atoms with E-state index in [9.17, 15) is 18.0 Å². The normalized spacial score (nSPS) is 11.0. The minimum absolute atomic E-state index is 0.0579. The van der Waals surface area contributed by atoms with E-state index in [-0.39, 0.29) is 17.9 Å². The number of sulfone groups is 1. The zero-order chi connectivity index (χ0) is 16.2. The summed E-state index contributed by atoms with van der Waals surface area (Å²) in [6, 6.07) is 4.07. The maximum Gasteiger partial charge on any atom is 0.336 e. The first-order chi connectivity index (χ1) is 9.61. The monoisotopic (exact) mass is 314 g/mol. The molecular weight excluding hydrogens is 296 g/mol. The number of carboxylic acid groups (broad SMARTS) is 1. The van der Waals surface area contributed by atoms with Crippen LogP contribution in [0, 0.1) is 6.92 Å². The van der Waals surface area contributed by atoms with Crippen LogP contribution in [0.2, 0.25) is 0 Å². The molecule has 1 rings (SSSR count). The van der Waals surface area contributed by atoms with Gasteiger partial charge in [-0.25, -0.2) is 18.0 Å². The van der Waals surface area contributed by atoms with Crippen molar-refractivity contribution in [1.82, 2.24) is 4.90 Å². The summed E-state index contributed by atoms with van der Waals surface area (Å²) < 4.78 is 22.1. The number of nitrogens with zero attached hydrogens (tertiary/aromatic N) is 1. The van der Waals surface area contributed by atoms with Crippen LogP contribution >= 0.6 is 0 Å². The minimum atomic E-state index is -3.15. The first-order valence-corrected chi connectivity index (χ1v) is 8.20. The number of hydrogen-bond donors (Lipinski definition) is 2. The fourth-order valence-corrected chi connectivity index (χ4v) is 2.22. The fourth-order valence-electron chi connectivity index (χ4n) is 1.62. The smallest absolute Gasteiger partial charge is 0.336 e. The molecule has 0 aliphatic carbocycles. The van der Waals surface area contributed by atoms with Gasteiger partial charge in [0.1, 0.15) is 9.84 Å². The Bertz CT molecular complexity index is 655. The van der Waals surface area contributed by atoms with Crippen molar-refractivity contribution in [2.24, 2.45) is 0 Å². The second kappa shape index (κ2) is 6.57. The number of carbonyl (C=O) groups is 2. The Morgan fingerprint density at radius 2 is 1.95 bits per heavy atom. The molecule has 0 atom stereocenters. The largest absolute Gasteiger partial charge is 0.478 e. The van der Waals surface area contributed by atoms with Crippen LogP contribution in [0.25, 0.3) is 0 Å². The molecule has 0 heterocycles. The number of hydrogen-bond acceptors (Lipinski definition) is 4. The second-order valence-electron chi connectivity index (χ2n) is 4.76. The Balaban J connectivity index is 2.79. The summed E-state index contributed by atoms with van der Waals surface area (Å²) in [5.41, 5.74) is 0.924. The molecule has 7 nitrogen and oxygen atoms in total. The number of carboxylic acids is 1. The van der Waals surface area contributed by atoms with Crippen LogP contribution in [0.4, 0.5) is 10.5 Å². The lowest BCUT2D eigenvalue weighted by Crippen LogP contribution is -2.35. The van der Waals surface area contributed by atoms with Crippen molar-refractivity contribution >= 4 is 27.5 Å². The van der Waals surface area contributed by atoms with Gasteiger partial charge in [0.25, 0.3) is 0 Å². The molecule has 0 fully saturated rings. The molecule has 2 N–H and O–H groups in total. The summed E-state index contributed by atoms with van der Waals surface area (Å²) in [5.74, 6) is -1.21. The lowest BCUT2D eigenvalue weighted by atomic mass is 10.1. The maximum atomic E-state index is 11.9. The van der Waals surface area contributed by atoms with E-state index in [1.807, 2.05) is 0 Å². The maximum absolute atomic E-state index is 11.9. The Hall–Kier alpha value is -2.09. The van der Waals surface area contributed by atoms with E-state index in [2.05, 4.69) is 5.32 Å². The van der Waals surface area contributed by atoms with Crippen LogP contribution < -0.4 is 5.32 Å². The second-order valence-corrected chi connectivity index (χ2v) is 7.02. The van der Waals surface area contributed by atoms with Gasteiger partial charge in [-0.15, -0.1) is 0 Å². The lowest BCUT2D eigenvalue weighted by Gasteiger charge is -2.18. The van der Waals surface area contributed by atoms with Gasteiger partial charge < -0.3 is 15.3 Å². The van der Waals surface area contributed by atoms with Crippen molar-refractivity contribution in [2.45, 2.75) is 6.92 Å². The third-order valence-corrected chi connectivity index (χ3v) is 3.87. The lowest BCUT2D eigenvalue weighted by molar-refractivity contribution is 0.0696. The number of anilines is 1. The average molecular weight is 314 g/mol. The number of rotatable bonds is 5. The third-order valence-electron chi connectivity index (χ3n) is 2.95. The van der Waals surface area contributed by atoms with E-state index < -0.39 is 21.8 Å². The predicted octanol–water partition coefficient (Wildman–Crippen LogP) is 1.20. The summed E-state index contributed by atoms with van der Waals surface area (Å²) >= 11 is 0. The molecule has 0 bridgehead atoms. The summed E-state index contributed by atoms with van der Waals surface area (Å²) in [7, 11) is -1.68. The van der Waals surface area contributed by atoms with Crippen molar-refractivity contribution in [1.29, 1.82) is 0 Å². The first kappa shape index (κ1) is 17.0. The van der Waals surface area contributed by atoms with Crippen LogP contribution in [0.3, 0.4) is 0 Å². The van der Waals surface area contributed by atoms with Crippen LogP contribution in [0.5, 0.6) is 0 Å². The van der Waals surface area contributed by atoms with E-state index in [1.165, 1.54) is 24.1 Å². The number of aromatic carboxylic acids is 1. The number of benzene rings is 1. The van der Waals surface area contributed by atoms with E-state index in [0.29, 0.717) is 11.3 Å². The molecule has 0 radical (unpaired) electrons. The molecular formula is C13H18N2O5S. The van der Waals surface area contributed by atoms with Gasteiger partial charge in [-0.05, 0) is 24.6 Å². The van der Waals surface area contributed by atoms with Crippen molar-refractivity contribution in [3.63, 3.8) is 0 Å². The van der Waals surface area contributed by atoms with Gasteiger partial charge in [0.15, 0.2) is 0 Å². The van der Waals surface area contributed by atoms with E-state index in [0.717, 1.165) is 6.26 Å². The molecule has 21 heavy (non-hydrogen) atoms. The molecule has 0 saturated heterocycles. The van der Waals surface area contributed by atoms with Crippen molar-refractivity contribution in [3.05, 3.63) is 29.3 Å². The van der Waals surface area contributed by atoms with Crippen LogP contribution in [-0.2, 0) is 9.84 Å². The van der Waals surface area contributed by atoms with Gasteiger partial charge in [0.2, 0.25) is 0 Å². The summed E-state index contributed by atoms with van der Waals surface area (Å²) in [6.07, 6.45) is 1.10. The Labute approximate surface area is 123 Å². The highest BCUT2D eigenvalue weighted by Crippen LogP contribution is 2.19. The number of carbonyl (C=O) groups excluding carboxylic acids is 1. The first-order valence-electron chi connectivity index (χ1n) is 6.14. The van der Waals surface area contributed by atoms with Gasteiger partial charge >= 0.3 is 12.0 Å². The predicted molar refractivity (Wildman–Crippen MR) is 79.5 cm³/mol. The van der Waals surface area contributed by atoms with Crippen LogP contribution in [-0.4, -0.2) is 56.0 Å². The Kier molecular flexibility index (Phi) is 5.31. The fraction of sp³-hybridized carbons (Fsp3) is 0.385. The minimum Gasteiger partial charge on any atom is -0.478 e. The number of amides is 2. The summed E-state index contributed by atoms with van der Waals surface area (Å²) in [5, 5.41) is 11.6. The van der Waals surface area contributed by atoms with Crippen molar-refractivity contribution in [2.75, 3.05) is 30.9 Å². The van der Waals surface area contributed by atoms with Crippen LogP contribution in [0.15, 0.2) is 18.2 Å². The molecule has 0 aliphatic rings. The van der Waals surface area contributed by atoms with E-state index in [1.54, 1.807) is 13.0 Å². The summed E-state index contributed by atoms with van der Waals surface area (Å²) in [4.78, 5) is 24.2. The molecule has 1 aromatic rings. The Morgan fingerprint density at radius 1 is 1.33 bits per heavy atom. The highest BCUT2D eigenvalue weighted by Gasteiger charge is 2.15. The molecule has 116 valence electrons. The topological polar surface area (TPSA) is 104 Å². The third kappa shape index (κ3) is 5.07. The molecule has 2 amide bonds. The van der Waals surface area contributed by atoms with E-state index in [4.69, 9.17) is 5.11 Å².